The van der Waals surface area contributed by atoms with Crippen LogP contribution in [0, 0.1) is 0 Å². The fourth-order valence-corrected chi connectivity index (χ4v) is 1.95. The van der Waals surface area contributed by atoms with Crippen molar-refractivity contribution >= 4 is 5.91 Å². The van der Waals surface area contributed by atoms with Crippen LogP contribution in [0.4, 0.5) is 0 Å². The minimum Gasteiger partial charge on any atom is -0.360 e. The van der Waals surface area contributed by atoms with Gasteiger partial charge < -0.3 is 15.2 Å². The Morgan fingerprint density at radius 1 is 1.50 bits per heavy atom. The van der Waals surface area contributed by atoms with Crippen LogP contribution in [0.25, 0.3) is 0 Å². The van der Waals surface area contributed by atoms with Gasteiger partial charge in [-0.1, -0.05) is 18.0 Å². The molecule has 1 aromatic heterocycles. The molecule has 0 saturated heterocycles. The summed E-state index contributed by atoms with van der Waals surface area (Å²) in [5, 5.41) is 9.59. The van der Waals surface area contributed by atoms with Gasteiger partial charge in [0.05, 0.1) is 19.3 Å². The summed E-state index contributed by atoms with van der Waals surface area (Å²) in [6.07, 6.45) is 6.50. The molecule has 0 unspecified atom stereocenters. The molecule has 16 heavy (non-hydrogen) atoms. The molecule has 2 N–H and O–H groups in total. The monoisotopic (exact) mass is 223 g/mol. The highest BCUT2D eigenvalue weighted by molar-refractivity contribution is 5.77. The molecule has 0 radical (unpaired) electrons. The Labute approximate surface area is 94.6 Å². The molecule has 1 fully saturated rings. The van der Waals surface area contributed by atoms with Gasteiger partial charge in [-0.3, -0.25) is 4.79 Å². The summed E-state index contributed by atoms with van der Waals surface area (Å²) in [7, 11) is 0. The third-order valence-corrected chi connectivity index (χ3v) is 2.86. The molecule has 88 valence electrons. The van der Waals surface area contributed by atoms with Crippen LogP contribution in [-0.2, 0) is 11.3 Å². The standard InChI is InChI=1S/C11H17N3O2/c15-11(8-12-9-3-1-2-4-9)13-7-10-5-6-14-16-10/h5-6,9,12H,1-4,7-8H2,(H,13,15). The van der Waals surface area contributed by atoms with E-state index < -0.39 is 0 Å². The Morgan fingerprint density at radius 3 is 3.00 bits per heavy atom. The number of nitrogens with zero attached hydrogens (tertiary/aromatic N) is 1. The third kappa shape index (κ3) is 3.34. The Bertz CT molecular complexity index is 318. The maximum atomic E-state index is 11.5. The molecule has 5 heteroatoms. The molecule has 1 aliphatic rings. The summed E-state index contributed by atoms with van der Waals surface area (Å²) in [4.78, 5) is 11.5. The molecule has 1 amide bonds. The van der Waals surface area contributed by atoms with E-state index in [4.69, 9.17) is 4.52 Å². The van der Waals surface area contributed by atoms with Crippen LogP contribution in [-0.4, -0.2) is 23.7 Å². The first-order valence-corrected chi connectivity index (χ1v) is 5.74. The van der Waals surface area contributed by atoms with Gasteiger partial charge in [0.1, 0.15) is 0 Å². The van der Waals surface area contributed by atoms with Crippen molar-refractivity contribution in [3.05, 3.63) is 18.0 Å². The molecule has 1 saturated carbocycles. The lowest BCUT2D eigenvalue weighted by Crippen LogP contribution is -2.37. The van der Waals surface area contributed by atoms with Crippen LogP contribution in [0.5, 0.6) is 0 Å². The van der Waals surface area contributed by atoms with E-state index in [-0.39, 0.29) is 5.91 Å². The average Bonchev–Trinajstić information content (AvgIpc) is 2.96. The lowest BCUT2D eigenvalue weighted by atomic mass is 10.2. The second kappa shape index (κ2) is 5.65. The number of hydrogen-bond donors (Lipinski definition) is 2. The fourth-order valence-electron chi connectivity index (χ4n) is 1.95. The second-order valence-corrected chi connectivity index (χ2v) is 4.12. The number of aromatic nitrogens is 1. The van der Waals surface area contributed by atoms with Crippen molar-refractivity contribution in [2.24, 2.45) is 0 Å². The summed E-state index contributed by atoms with van der Waals surface area (Å²) < 4.78 is 4.88. The predicted octanol–water partition coefficient (Wildman–Crippen LogP) is 0.823. The molecular weight excluding hydrogens is 206 g/mol. The fraction of sp³-hybridized carbons (Fsp3) is 0.636. The van der Waals surface area contributed by atoms with Gasteiger partial charge in [-0.15, -0.1) is 0 Å². The van der Waals surface area contributed by atoms with E-state index >= 15 is 0 Å². The van der Waals surface area contributed by atoms with E-state index in [1.807, 2.05) is 0 Å². The Hall–Kier alpha value is -1.36. The summed E-state index contributed by atoms with van der Waals surface area (Å²) >= 11 is 0. The predicted molar refractivity (Wildman–Crippen MR) is 58.6 cm³/mol. The quantitative estimate of drug-likeness (QED) is 0.775. The molecule has 1 aliphatic carbocycles. The van der Waals surface area contributed by atoms with Crippen molar-refractivity contribution in [2.45, 2.75) is 38.3 Å². The van der Waals surface area contributed by atoms with E-state index in [1.54, 1.807) is 12.3 Å². The number of amides is 1. The highest BCUT2D eigenvalue weighted by atomic mass is 16.5. The summed E-state index contributed by atoms with van der Waals surface area (Å²) in [6, 6.07) is 2.26. The Balaban J connectivity index is 1.60. The molecule has 2 rings (SSSR count). The van der Waals surface area contributed by atoms with Gasteiger partial charge in [0.15, 0.2) is 5.76 Å². The first-order chi connectivity index (χ1) is 7.84. The van der Waals surface area contributed by atoms with Crippen LogP contribution in [0.15, 0.2) is 16.8 Å². The van der Waals surface area contributed by atoms with Gasteiger partial charge in [0.25, 0.3) is 0 Å². The first kappa shape index (κ1) is 11.1. The normalized spacial score (nSPS) is 16.5. The summed E-state index contributed by atoms with van der Waals surface area (Å²) in [6.45, 7) is 0.796. The van der Waals surface area contributed by atoms with Crippen LogP contribution in [0.1, 0.15) is 31.4 Å². The van der Waals surface area contributed by atoms with E-state index in [9.17, 15) is 4.79 Å². The van der Waals surface area contributed by atoms with Crippen molar-refractivity contribution in [1.82, 2.24) is 15.8 Å². The van der Waals surface area contributed by atoms with Crippen LogP contribution in [0.2, 0.25) is 0 Å². The highest BCUT2D eigenvalue weighted by Crippen LogP contribution is 2.17. The number of carbonyl (C=O) groups excluding carboxylic acids is 1. The largest absolute Gasteiger partial charge is 0.360 e. The van der Waals surface area contributed by atoms with Gasteiger partial charge in [-0.25, -0.2) is 0 Å². The summed E-state index contributed by atoms with van der Waals surface area (Å²) in [5.74, 6) is 0.678. The van der Waals surface area contributed by atoms with Gasteiger partial charge in [0.2, 0.25) is 5.91 Å². The van der Waals surface area contributed by atoms with Crippen LogP contribution in [0.3, 0.4) is 0 Å². The van der Waals surface area contributed by atoms with Gasteiger partial charge >= 0.3 is 0 Å². The minimum atomic E-state index is 0.00306. The van der Waals surface area contributed by atoms with Gasteiger partial charge in [-0.05, 0) is 12.8 Å². The molecule has 1 heterocycles. The van der Waals surface area contributed by atoms with Crippen molar-refractivity contribution in [2.75, 3.05) is 6.54 Å². The van der Waals surface area contributed by atoms with Crippen molar-refractivity contribution in [3.63, 3.8) is 0 Å². The number of rotatable bonds is 5. The van der Waals surface area contributed by atoms with Gasteiger partial charge in [-0.2, -0.15) is 0 Å². The van der Waals surface area contributed by atoms with Crippen molar-refractivity contribution in [3.8, 4) is 0 Å². The maximum absolute atomic E-state index is 11.5. The average molecular weight is 223 g/mol. The molecular formula is C11H17N3O2. The molecule has 0 atom stereocenters. The van der Waals surface area contributed by atoms with E-state index in [1.165, 1.54) is 25.7 Å². The second-order valence-electron chi connectivity index (χ2n) is 4.12. The zero-order valence-electron chi connectivity index (χ0n) is 9.24. The number of nitrogens with one attached hydrogen (secondary N) is 2. The Morgan fingerprint density at radius 2 is 2.31 bits per heavy atom. The molecule has 0 spiro atoms. The third-order valence-electron chi connectivity index (χ3n) is 2.86. The zero-order chi connectivity index (χ0) is 11.2. The van der Waals surface area contributed by atoms with E-state index in [2.05, 4.69) is 15.8 Å². The number of hydrogen-bond acceptors (Lipinski definition) is 4. The molecule has 0 aliphatic heterocycles. The van der Waals surface area contributed by atoms with Crippen LogP contribution < -0.4 is 10.6 Å². The smallest absolute Gasteiger partial charge is 0.234 e. The van der Waals surface area contributed by atoms with E-state index in [0.29, 0.717) is 24.9 Å². The molecule has 5 nitrogen and oxygen atoms in total. The molecule has 0 bridgehead atoms. The van der Waals surface area contributed by atoms with Crippen LogP contribution >= 0.6 is 0 Å². The van der Waals surface area contributed by atoms with Crippen molar-refractivity contribution < 1.29 is 9.32 Å². The lowest BCUT2D eigenvalue weighted by molar-refractivity contribution is -0.120. The summed E-state index contributed by atoms with van der Waals surface area (Å²) in [5.41, 5.74) is 0. The topological polar surface area (TPSA) is 67.2 Å². The molecule has 1 aromatic rings. The first-order valence-electron chi connectivity index (χ1n) is 5.74. The van der Waals surface area contributed by atoms with Crippen molar-refractivity contribution in [1.29, 1.82) is 0 Å². The van der Waals surface area contributed by atoms with E-state index in [0.717, 1.165) is 0 Å². The minimum absolute atomic E-state index is 0.00306. The van der Waals surface area contributed by atoms with Gasteiger partial charge in [0, 0.05) is 12.1 Å². The lowest BCUT2D eigenvalue weighted by Gasteiger charge is -2.10. The SMILES string of the molecule is O=C(CNC1CCCC1)NCc1ccno1. The highest BCUT2D eigenvalue weighted by Gasteiger charge is 2.15. The molecule has 0 aromatic carbocycles. The maximum Gasteiger partial charge on any atom is 0.234 e. The zero-order valence-corrected chi connectivity index (χ0v) is 9.24. The number of carbonyl (C=O) groups is 1. The Kier molecular flexibility index (Phi) is 3.93.